The van der Waals surface area contributed by atoms with Gasteiger partial charge >= 0.3 is 5.97 Å². The number of carbonyl (C=O) groups is 1. The quantitative estimate of drug-likeness (QED) is 0.614. The van der Waals surface area contributed by atoms with Gasteiger partial charge in [-0.3, -0.25) is 4.79 Å². The molecule has 2 N–H and O–H groups in total. The highest BCUT2D eigenvalue weighted by Gasteiger charge is 2.12. The Labute approximate surface area is 79.2 Å². The van der Waals surface area contributed by atoms with Gasteiger partial charge in [-0.05, 0) is 19.5 Å². The van der Waals surface area contributed by atoms with Crippen LogP contribution in [0.2, 0.25) is 0 Å². The lowest BCUT2D eigenvalue weighted by Gasteiger charge is -2.21. The van der Waals surface area contributed by atoms with E-state index in [2.05, 4.69) is 6.92 Å². The van der Waals surface area contributed by atoms with Crippen LogP contribution in [0.3, 0.4) is 0 Å². The first-order chi connectivity index (χ1) is 6.10. The zero-order valence-corrected chi connectivity index (χ0v) is 8.36. The molecule has 4 heteroatoms. The van der Waals surface area contributed by atoms with Gasteiger partial charge in [0.1, 0.15) is 0 Å². The fourth-order valence-electron chi connectivity index (χ4n) is 1.26. The first kappa shape index (κ1) is 12.4. The Morgan fingerprint density at radius 1 is 1.46 bits per heavy atom. The third kappa shape index (κ3) is 6.54. The number of carboxylic acids is 1. The van der Waals surface area contributed by atoms with Crippen molar-refractivity contribution in [1.29, 1.82) is 0 Å². The molecule has 0 rings (SSSR count). The van der Waals surface area contributed by atoms with Crippen LogP contribution in [0.1, 0.15) is 26.7 Å². The van der Waals surface area contributed by atoms with Crippen molar-refractivity contribution in [3.05, 3.63) is 0 Å². The average Bonchev–Trinajstić information content (AvgIpc) is 2.02. The topological polar surface area (TPSA) is 60.8 Å². The van der Waals surface area contributed by atoms with Crippen molar-refractivity contribution in [1.82, 2.24) is 4.90 Å². The van der Waals surface area contributed by atoms with Crippen molar-refractivity contribution in [3.63, 3.8) is 0 Å². The van der Waals surface area contributed by atoms with E-state index in [0.717, 1.165) is 19.5 Å². The number of aliphatic carboxylic acids is 1. The van der Waals surface area contributed by atoms with Gasteiger partial charge in [-0.1, -0.05) is 13.8 Å². The molecule has 1 atom stereocenters. The molecule has 0 aromatic rings. The van der Waals surface area contributed by atoms with Gasteiger partial charge < -0.3 is 15.1 Å². The smallest absolute Gasteiger partial charge is 0.306 e. The molecule has 0 aromatic heterocycles. The molecule has 13 heavy (non-hydrogen) atoms. The van der Waals surface area contributed by atoms with E-state index in [9.17, 15) is 9.90 Å². The number of hydrogen-bond donors (Lipinski definition) is 2. The van der Waals surface area contributed by atoms with Crippen LogP contribution in [0, 0.1) is 0 Å². The fourth-order valence-corrected chi connectivity index (χ4v) is 1.26. The molecule has 0 saturated carbocycles. The molecule has 0 fully saturated rings. The van der Waals surface area contributed by atoms with E-state index >= 15 is 0 Å². The molecular formula is C9H19NO3. The van der Waals surface area contributed by atoms with E-state index in [1.54, 1.807) is 0 Å². The number of aliphatic hydroxyl groups is 1. The second-order valence-corrected chi connectivity index (χ2v) is 3.14. The van der Waals surface area contributed by atoms with Gasteiger partial charge in [0.15, 0.2) is 0 Å². The van der Waals surface area contributed by atoms with Gasteiger partial charge in [0, 0.05) is 6.54 Å². The number of rotatable bonds is 7. The second kappa shape index (κ2) is 6.86. The summed E-state index contributed by atoms with van der Waals surface area (Å²) in [6, 6.07) is 0. The summed E-state index contributed by atoms with van der Waals surface area (Å²) >= 11 is 0. The summed E-state index contributed by atoms with van der Waals surface area (Å²) in [7, 11) is 0. The summed E-state index contributed by atoms with van der Waals surface area (Å²) < 4.78 is 0. The molecule has 78 valence electrons. The molecule has 0 spiro atoms. The lowest BCUT2D eigenvalue weighted by molar-refractivity contribution is -0.139. The summed E-state index contributed by atoms with van der Waals surface area (Å²) in [6.45, 7) is 6.28. The van der Waals surface area contributed by atoms with Crippen LogP contribution in [-0.2, 0) is 4.79 Å². The van der Waals surface area contributed by atoms with Gasteiger partial charge in [0.05, 0.1) is 12.5 Å². The van der Waals surface area contributed by atoms with E-state index in [1.807, 2.05) is 11.8 Å². The van der Waals surface area contributed by atoms with Crippen LogP contribution < -0.4 is 0 Å². The summed E-state index contributed by atoms with van der Waals surface area (Å²) in [5.74, 6) is -0.944. The minimum Gasteiger partial charge on any atom is -0.481 e. The number of hydrogen-bond acceptors (Lipinski definition) is 3. The van der Waals surface area contributed by atoms with Gasteiger partial charge in [-0.2, -0.15) is 0 Å². The number of carboxylic acid groups (broad SMARTS) is 1. The van der Waals surface area contributed by atoms with Gasteiger partial charge in [-0.25, -0.2) is 0 Å². The number of nitrogens with zero attached hydrogens (tertiary/aromatic N) is 1. The van der Waals surface area contributed by atoms with Crippen molar-refractivity contribution in [2.45, 2.75) is 32.8 Å². The molecule has 0 aliphatic rings. The maximum Gasteiger partial charge on any atom is 0.306 e. The highest BCUT2D eigenvalue weighted by atomic mass is 16.4. The third-order valence-corrected chi connectivity index (χ3v) is 1.87. The Morgan fingerprint density at radius 2 is 2.08 bits per heavy atom. The van der Waals surface area contributed by atoms with Crippen molar-refractivity contribution in [2.24, 2.45) is 0 Å². The monoisotopic (exact) mass is 189 g/mol. The zero-order valence-electron chi connectivity index (χ0n) is 8.36. The molecule has 0 aliphatic heterocycles. The van der Waals surface area contributed by atoms with Crippen molar-refractivity contribution in [2.75, 3.05) is 19.6 Å². The molecule has 4 nitrogen and oxygen atoms in total. The van der Waals surface area contributed by atoms with E-state index in [0.29, 0.717) is 6.54 Å². The molecule has 0 radical (unpaired) electrons. The molecular weight excluding hydrogens is 170 g/mol. The predicted octanol–water partition coefficient (Wildman–Crippen LogP) is 0.554. The normalized spacial score (nSPS) is 13.2. The molecule has 0 saturated heterocycles. The zero-order chi connectivity index (χ0) is 10.3. The van der Waals surface area contributed by atoms with Gasteiger partial charge in [-0.15, -0.1) is 0 Å². The van der Waals surface area contributed by atoms with Crippen LogP contribution in [0.4, 0.5) is 0 Å². The molecule has 0 aromatic carbocycles. The third-order valence-electron chi connectivity index (χ3n) is 1.87. The van der Waals surface area contributed by atoms with Crippen molar-refractivity contribution >= 4 is 5.97 Å². The van der Waals surface area contributed by atoms with Crippen LogP contribution >= 0.6 is 0 Å². The number of aliphatic hydroxyl groups excluding tert-OH is 1. The SMILES string of the molecule is CCCN(CC)CC(O)CC(=O)O. The van der Waals surface area contributed by atoms with E-state index < -0.39 is 12.1 Å². The fraction of sp³-hybridized carbons (Fsp3) is 0.889. The average molecular weight is 189 g/mol. The Balaban J connectivity index is 3.72. The van der Waals surface area contributed by atoms with Crippen LogP contribution in [-0.4, -0.2) is 46.8 Å². The van der Waals surface area contributed by atoms with E-state index in [-0.39, 0.29) is 6.42 Å². The lowest BCUT2D eigenvalue weighted by atomic mass is 10.2. The summed E-state index contributed by atoms with van der Waals surface area (Å²) in [5, 5.41) is 17.7. The van der Waals surface area contributed by atoms with Crippen molar-refractivity contribution < 1.29 is 15.0 Å². The lowest BCUT2D eigenvalue weighted by Crippen LogP contribution is -2.34. The maximum atomic E-state index is 10.3. The number of likely N-dealkylation sites (N-methyl/N-ethyl adjacent to an activating group) is 1. The Bertz CT molecular complexity index is 150. The minimum atomic E-state index is -0.944. The van der Waals surface area contributed by atoms with Crippen LogP contribution in [0.25, 0.3) is 0 Å². The molecule has 0 heterocycles. The summed E-state index contributed by atoms with van der Waals surface area (Å²) in [4.78, 5) is 12.3. The van der Waals surface area contributed by atoms with Crippen LogP contribution in [0.5, 0.6) is 0 Å². The molecule has 0 aliphatic carbocycles. The molecule has 0 amide bonds. The van der Waals surface area contributed by atoms with Crippen molar-refractivity contribution in [3.8, 4) is 0 Å². The van der Waals surface area contributed by atoms with Crippen LogP contribution in [0.15, 0.2) is 0 Å². The second-order valence-electron chi connectivity index (χ2n) is 3.14. The molecule has 0 bridgehead atoms. The largest absolute Gasteiger partial charge is 0.481 e. The summed E-state index contributed by atoms with van der Waals surface area (Å²) in [6.07, 6.45) is 0.109. The van der Waals surface area contributed by atoms with E-state index in [1.165, 1.54) is 0 Å². The first-order valence-electron chi connectivity index (χ1n) is 4.72. The minimum absolute atomic E-state index is 0.166. The predicted molar refractivity (Wildman–Crippen MR) is 50.7 cm³/mol. The summed E-state index contributed by atoms with van der Waals surface area (Å²) in [5.41, 5.74) is 0. The highest BCUT2D eigenvalue weighted by Crippen LogP contribution is 1.98. The van der Waals surface area contributed by atoms with Gasteiger partial charge in [0.25, 0.3) is 0 Å². The highest BCUT2D eigenvalue weighted by molar-refractivity contribution is 5.67. The van der Waals surface area contributed by atoms with E-state index in [4.69, 9.17) is 5.11 Å². The maximum absolute atomic E-state index is 10.3. The Kier molecular flexibility index (Phi) is 6.54. The molecule has 1 unspecified atom stereocenters. The van der Waals surface area contributed by atoms with Gasteiger partial charge in [0.2, 0.25) is 0 Å². The Hall–Kier alpha value is -0.610. The standard InChI is InChI=1S/C9H19NO3/c1-3-5-10(4-2)7-8(11)6-9(12)13/h8,11H,3-7H2,1-2H3,(H,12,13). The first-order valence-corrected chi connectivity index (χ1v) is 4.72. The Morgan fingerprint density at radius 3 is 2.46 bits per heavy atom.